The van der Waals surface area contributed by atoms with Crippen molar-refractivity contribution in [1.29, 1.82) is 5.26 Å². The normalized spacial score (nSPS) is 20.0. The molecule has 0 saturated carbocycles. The highest BCUT2D eigenvalue weighted by molar-refractivity contribution is 5.94. The number of benzene rings is 1. The zero-order chi connectivity index (χ0) is 23.8. The van der Waals surface area contributed by atoms with Gasteiger partial charge in [-0.3, -0.25) is 4.90 Å². The highest BCUT2D eigenvalue weighted by atomic mass is 16.5. The molecule has 174 valence electrons. The molecule has 3 aromatic rings. The fraction of sp³-hybridized carbons (Fsp3) is 0.375. The van der Waals surface area contributed by atoms with Crippen LogP contribution in [-0.2, 0) is 17.9 Å². The zero-order valence-corrected chi connectivity index (χ0v) is 18.9. The Labute approximate surface area is 196 Å². The Morgan fingerprint density at radius 3 is 3.00 bits per heavy atom. The Balaban J connectivity index is 1.33. The minimum atomic E-state index is -0.461. The second-order valence-electron chi connectivity index (χ2n) is 8.56. The number of aliphatic hydroxyl groups excluding tert-OH is 1. The lowest BCUT2D eigenvalue weighted by Gasteiger charge is -2.37. The molecule has 0 bridgehead atoms. The van der Waals surface area contributed by atoms with Gasteiger partial charge in [0.1, 0.15) is 24.0 Å². The van der Waals surface area contributed by atoms with Gasteiger partial charge < -0.3 is 14.6 Å². The number of nitriles is 1. The van der Waals surface area contributed by atoms with Crippen LogP contribution in [0.2, 0.25) is 0 Å². The number of piperidine rings is 1. The second kappa shape index (κ2) is 8.85. The first-order chi connectivity index (χ1) is 16.5. The average Bonchev–Trinajstić information content (AvgIpc) is 3.47. The maximum Gasteiger partial charge on any atom is 0.338 e. The van der Waals surface area contributed by atoms with Gasteiger partial charge in [-0.15, -0.1) is 4.80 Å². The van der Waals surface area contributed by atoms with Gasteiger partial charge in [-0.25, -0.2) is 9.78 Å². The van der Waals surface area contributed by atoms with E-state index in [1.54, 1.807) is 12.3 Å². The fourth-order valence-electron chi connectivity index (χ4n) is 4.72. The summed E-state index contributed by atoms with van der Waals surface area (Å²) in [7, 11) is 1.50. The number of likely N-dealkylation sites (tertiary alicyclic amines) is 1. The molecule has 4 heterocycles. The number of cyclic esters (lactones) is 1. The molecule has 0 radical (unpaired) electrons. The fourth-order valence-corrected chi connectivity index (χ4v) is 4.72. The van der Waals surface area contributed by atoms with E-state index in [2.05, 4.69) is 20.1 Å². The number of fused-ring (bicyclic) bond motifs is 1. The molecule has 2 atom stereocenters. The van der Waals surface area contributed by atoms with E-state index in [1.165, 1.54) is 18.1 Å². The Hall–Kier alpha value is -3.81. The summed E-state index contributed by atoms with van der Waals surface area (Å²) in [6, 6.07) is 7.41. The van der Waals surface area contributed by atoms with Crippen molar-refractivity contribution in [2.75, 3.05) is 20.2 Å². The molecule has 1 saturated heterocycles. The van der Waals surface area contributed by atoms with E-state index in [-0.39, 0.29) is 18.5 Å². The van der Waals surface area contributed by atoms with E-state index in [0.717, 1.165) is 28.9 Å². The number of methoxy groups -OCH3 is 1. The van der Waals surface area contributed by atoms with Gasteiger partial charge in [0, 0.05) is 37.2 Å². The van der Waals surface area contributed by atoms with Crippen LogP contribution in [0.25, 0.3) is 5.82 Å². The third kappa shape index (κ3) is 3.89. The minimum absolute atomic E-state index is 0.0748. The summed E-state index contributed by atoms with van der Waals surface area (Å²) >= 11 is 0. The van der Waals surface area contributed by atoms with Gasteiger partial charge in [-0.1, -0.05) is 6.07 Å². The number of nitrogens with zero attached hydrogens (tertiary/aromatic N) is 6. The Bertz CT molecular complexity index is 1300. The predicted octanol–water partition coefficient (Wildman–Crippen LogP) is 1.87. The van der Waals surface area contributed by atoms with Gasteiger partial charge in [0.25, 0.3) is 0 Å². The number of hydrogen-bond acceptors (Lipinski definition) is 9. The molecular formula is C24H24N6O4. The van der Waals surface area contributed by atoms with Gasteiger partial charge in [-0.2, -0.15) is 15.5 Å². The SMILES string of the molecule is COc1cc(-n2ncc(CN3CC[C@@H](O)[C@H](c4ccc5c(c4C)COC5=O)C3)n2)ncc1C#N. The molecule has 0 amide bonds. The van der Waals surface area contributed by atoms with Gasteiger partial charge in [0.15, 0.2) is 5.82 Å². The number of carbonyl (C=O) groups excluding carboxylic acids is 1. The molecule has 0 unspecified atom stereocenters. The summed E-state index contributed by atoms with van der Waals surface area (Å²) in [4.78, 5) is 19.8. The van der Waals surface area contributed by atoms with Crippen molar-refractivity contribution < 1.29 is 19.4 Å². The highest BCUT2D eigenvalue weighted by Crippen LogP contribution is 2.34. The van der Waals surface area contributed by atoms with Gasteiger partial charge in [0.05, 0.1) is 36.9 Å². The first-order valence-corrected chi connectivity index (χ1v) is 11.0. The van der Waals surface area contributed by atoms with Crippen molar-refractivity contribution in [1.82, 2.24) is 24.9 Å². The van der Waals surface area contributed by atoms with Crippen LogP contribution in [0.15, 0.2) is 30.6 Å². The molecule has 5 rings (SSSR count). The van der Waals surface area contributed by atoms with Crippen molar-refractivity contribution in [2.24, 2.45) is 0 Å². The maximum absolute atomic E-state index is 11.9. The third-order valence-electron chi connectivity index (χ3n) is 6.59. The predicted molar refractivity (Wildman–Crippen MR) is 119 cm³/mol. The molecule has 2 aliphatic rings. The third-order valence-corrected chi connectivity index (χ3v) is 6.59. The standard InChI is InChI=1S/C24H24N6O4/c1-14-17(3-4-18-20(14)13-34-24(18)32)19-12-29(6-5-21(19)31)11-16-10-27-30(28-16)23-7-22(33-2)15(8-25)9-26-23/h3-4,7,9-10,19,21,31H,5-6,11-13H2,1-2H3/t19-,21+/m0/s1. The summed E-state index contributed by atoms with van der Waals surface area (Å²) in [5, 5.41) is 28.8. The van der Waals surface area contributed by atoms with Crippen LogP contribution in [0.3, 0.4) is 0 Å². The number of esters is 1. The first-order valence-electron chi connectivity index (χ1n) is 11.0. The lowest BCUT2D eigenvalue weighted by atomic mass is 9.83. The smallest absolute Gasteiger partial charge is 0.338 e. The van der Waals surface area contributed by atoms with E-state index in [0.29, 0.717) is 42.2 Å². The molecule has 34 heavy (non-hydrogen) atoms. The number of rotatable bonds is 5. The number of aromatic nitrogens is 4. The zero-order valence-electron chi connectivity index (χ0n) is 18.9. The Morgan fingerprint density at radius 1 is 1.35 bits per heavy atom. The summed E-state index contributed by atoms with van der Waals surface area (Å²) in [5.41, 5.74) is 4.71. The monoisotopic (exact) mass is 460 g/mol. The molecule has 1 fully saturated rings. The molecule has 2 aliphatic heterocycles. The van der Waals surface area contributed by atoms with E-state index in [9.17, 15) is 9.90 Å². The number of pyridine rings is 1. The summed E-state index contributed by atoms with van der Waals surface area (Å²) in [5.74, 6) is 0.512. The van der Waals surface area contributed by atoms with Crippen LogP contribution in [0.1, 0.15) is 50.6 Å². The van der Waals surface area contributed by atoms with E-state index < -0.39 is 6.10 Å². The van der Waals surface area contributed by atoms with Gasteiger partial charge in [0.2, 0.25) is 0 Å². The lowest BCUT2D eigenvalue weighted by molar-refractivity contribution is 0.0532. The highest BCUT2D eigenvalue weighted by Gasteiger charge is 2.33. The molecule has 2 aromatic heterocycles. The lowest BCUT2D eigenvalue weighted by Crippen LogP contribution is -2.41. The van der Waals surface area contributed by atoms with Gasteiger partial charge >= 0.3 is 5.97 Å². The Morgan fingerprint density at radius 2 is 2.21 bits per heavy atom. The molecule has 1 N–H and O–H groups in total. The van der Waals surface area contributed by atoms with Gasteiger partial charge in [-0.05, 0) is 30.5 Å². The quantitative estimate of drug-likeness (QED) is 0.568. The second-order valence-corrected chi connectivity index (χ2v) is 8.56. The summed E-state index contributed by atoms with van der Waals surface area (Å²) in [6.45, 7) is 4.25. The van der Waals surface area contributed by atoms with Crippen LogP contribution in [0, 0.1) is 18.3 Å². The average molecular weight is 460 g/mol. The van der Waals surface area contributed by atoms with Crippen LogP contribution < -0.4 is 4.74 Å². The molecule has 10 heteroatoms. The summed E-state index contributed by atoms with van der Waals surface area (Å²) < 4.78 is 10.4. The van der Waals surface area contributed by atoms with Crippen molar-refractivity contribution in [2.45, 2.75) is 38.5 Å². The van der Waals surface area contributed by atoms with Crippen molar-refractivity contribution in [3.63, 3.8) is 0 Å². The number of aliphatic hydroxyl groups is 1. The van der Waals surface area contributed by atoms with Crippen molar-refractivity contribution >= 4 is 5.97 Å². The molecule has 0 aliphatic carbocycles. The van der Waals surface area contributed by atoms with E-state index in [4.69, 9.17) is 14.7 Å². The topological polar surface area (TPSA) is 126 Å². The minimum Gasteiger partial charge on any atom is -0.495 e. The number of hydrogen-bond donors (Lipinski definition) is 1. The van der Waals surface area contributed by atoms with Crippen LogP contribution in [0.4, 0.5) is 0 Å². The number of carbonyl (C=O) groups is 1. The van der Waals surface area contributed by atoms with Crippen LogP contribution >= 0.6 is 0 Å². The largest absolute Gasteiger partial charge is 0.495 e. The number of ether oxygens (including phenoxy) is 2. The van der Waals surface area contributed by atoms with Crippen molar-refractivity contribution in [3.05, 3.63) is 64.1 Å². The molecule has 1 aromatic carbocycles. The maximum atomic E-state index is 11.9. The molecule has 0 spiro atoms. The van der Waals surface area contributed by atoms with Crippen molar-refractivity contribution in [3.8, 4) is 17.6 Å². The van der Waals surface area contributed by atoms with Crippen LogP contribution in [-0.4, -0.2) is 62.3 Å². The van der Waals surface area contributed by atoms with Crippen LogP contribution in [0.5, 0.6) is 5.75 Å². The van der Waals surface area contributed by atoms with E-state index in [1.807, 2.05) is 25.1 Å². The molecular weight excluding hydrogens is 436 g/mol. The summed E-state index contributed by atoms with van der Waals surface area (Å²) in [6.07, 6.45) is 3.30. The Kier molecular flexibility index (Phi) is 5.73. The molecule has 10 nitrogen and oxygen atoms in total. The first kappa shape index (κ1) is 22.0. The van der Waals surface area contributed by atoms with E-state index >= 15 is 0 Å².